The predicted octanol–water partition coefficient (Wildman–Crippen LogP) is 2.78. The lowest BCUT2D eigenvalue weighted by Gasteiger charge is -2.14. The van der Waals surface area contributed by atoms with Crippen molar-refractivity contribution in [2.24, 2.45) is 5.73 Å². The van der Waals surface area contributed by atoms with Crippen molar-refractivity contribution < 1.29 is 4.39 Å². The van der Waals surface area contributed by atoms with Crippen LogP contribution in [0.15, 0.2) is 18.2 Å². The predicted molar refractivity (Wildman–Crippen MR) is 68.7 cm³/mol. The fraction of sp³-hybridized carbons (Fsp3) is 0.333. The van der Waals surface area contributed by atoms with E-state index in [1.165, 1.54) is 12.1 Å². The molecule has 0 bridgehead atoms. The fourth-order valence-electron chi connectivity index (χ4n) is 1.86. The first-order chi connectivity index (χ1) is 8.54. The van der Waals surface area contributed by atoms with E-state index < -0.39 is 0 Å². The van der Waals surface area contributed by atoms with Crippen LogP contribution in [0.3, 0.4) is 0 Å². The van der Waals surface area contributed by atoms with E-state index in [4.69, 9.17) is 17.3 Å². The van der Waals surface area contributed by atoms with E-state index in [-0.39, 0.29) is 11.9 Å². The van der Waals surface area contributed by atoms with Crippen molar-refractivity contribution in [3.8, 4) is 11.4 Å². The Labute approximate surface area is 110 Å². The van der Waals surface area contributed by atoms with Crippen molar-refractivity contribution in [2.75, 3.05) is 0 Å². The van der Waals surface area contributed by atoms with Gasteiger partial charge in [0.15, 0.2) is 5.82 Å². The number of nitrogens with zero attached hydrogens (tertiary/aromatic N) is 3. The molecule has 0 saturated heterocycles. The molecule has 1 aromatic carbocycles. The molecule has 1 aromatic heterocycles. The summed E-state index contributed by atoms with van der Waals surface area (Å²) in [7, 11) is 0. The Hall–Kier alpha value is -1.46. The van der Waals surface area contributed by atoms with Crippen LogP contribution in [-0.2, 0) is 6.54 Å². The fourth-order valence-corrected chi connectivity index (χ4v) is 2.11. The SMILES string of the molecule is CC(C)n1c(CN)nnc1-c1ccc(F)cc1Cl. The van der Waals surface area contributed by atoms with E-state index >= 15 is 0 Å². The van der Waals surface area contributed by atoms with Crippen molar-refractivity contribution in [2.45, 2.75) is 26.4 Å². The van der Waals surface area contributed by atoms with Crippen molar-refractivity contribution in [1.29, 1.82) is 0 Å². The number of nitrogens with two attached hydrogens (primary N) is 1. The zero-order valence-electron chi connectivity index (χ0n) is 10.2. The van der Waals surface area contributed by atoms with Crippen molar-refractivity contribution in [1.82, 2.24) is 14.8 Å². The summed E-state index contributed by atoms with van der Waals surface area (Å²) in [6.07, 6.45) is 0. The van der Waals surface area contributed by atoms with Gasteiger partial charge in [-0.3, -0.25) is 0 Å². The van der Waals surface area contributed by atoms with Crippen LogP contribution in [0.4, 0.5) is 4.39 Å². The van der Waals surface area contributed by atoms with Crippen molar-refractivity contribution in [3.63, 3.8) is 0 Å². The Morgan fingerprint density at radius 1 is 1.39 bits per heavy atom. The van der Waals surface area contributed by atoms with Crippen LogP contribution in [0.1, 0.15) is 25.7 Å². The highest BCUT2D eigenvalue weighted by molar-refractivity contribution is 6.33. The molecule has 0 unspecified atom stereocenters. The van der Waals surface area contributed by atoms with Gasteiger partial charge in [-0.05, 0) is 32.0 Å². The number of aromatic nitrogens is 3. The van der Waals surface area contributed by atoms with Crippen LogP contribution in [0.2, 0.25) is 5.02 Å². The van der Waals surface area contributed by atoms with Gasteiger partial charge in [0.2, 0.25) is 0 Å². The van der Waals surface area contributed by atoms with Crippen molar-refractivity contribution in [3.05, 3.63) is 34.9 Å². The minimum absolute atomic E-state index is 0.148. The Bertz CT molecular complexity index is 565. The largest absolute Gasteiger partial charge is 0.324 e. The van der Waals surface area contributed by atoms with E-state index in [1.807, 2.05) is 18.4 Å². The van der Waals surface area contributed by atoms with Crippen LogP contribution in [0, 0.1) is 5.82 Å². The Morgan fingerprint density at radius 2 is 2.11 bits per heavy atom. The van der Waals surface area contributed by atoms with Crippen LogP contribution in [0.5, 0.6) is 0 Å². The zero-order chi connectivity index (χ0) is 13.3. The first-order valence-electron chi connectivity index (χ1n) is 5.64. The third-order valence-electron chi connectivity index (χ3n) is 2.64. The molecule has 0 spiro atoms. The van der Waals surface area contributed by atoms with Gasteiger partial charge < -0.3 is 10.3 Å². The second-order valence-electron chi connectivity index (χ2n) is 4.23. The van der Waals surface area contributed by atoms with Crippen molar-refractivity contribution >= 4 is 11.6 Å². The summed E-state index contributed by atoms with van der Waals surface area (Å²) in [5.41, 5.74) is 6.28. The van der Waals surface area contributed by atoms with Gasteiger partial charge in [0.05, 0.1) is 11.6 Å². The first-order valence-corrected chi connectivity index (χ1v) is 6.01. The van der Waals surface area contributed by atoms with E-state index in [0.717, 1.165) is 0 Å². The minimum Gasteiger partial charge on any atom is -0.324 e. The average Bonchev–Trinajstić information content (AvgIpc) is 2.72. The Balaban J connectivity index is 2.60. The quantitative estimate of drug-likeness (QED) is 0.931. The van der Waals surface area contributed by atoms with E-state index in [9.17, 15) is 4.39 Å². The summed E-state index contributed by atoms with van der Waals surface area (Å²) < 4.78 is 14.9. The molecule has 1 heterocycles. The molecule has 0 aliphatic carbocycles. The van der Waals surface area contributed by atoms with Crippen LogP contribution < -0.4 is 5.73 Å². The highest BCUT2D eigenvalue weighted by Gasteiger charge is 2.17. The Morgan fingerprint density at radius 3 is 2.67 bits per heavy atom. The molecular weight excluding hydrogens is 255 g/mol. The molecule has 0 aliphatic rings. The third kappa shape index (κ3) is 2.23. The first kappa shape index (κ1) is 13.0. The maximum Gasteiger partial charge on any atom is 0.165 e. The maximum atomic E-state index is 13.0. The zero-order valence-corrected chi connectivity index (χ0v) is 10.9. The number of halogens is 2. The molecule has 2 aromatic rings. The van der Waals surface area contributed by atoms with Gasteiger partial charge in [-0.15, -0.1) is 10.2 Å². The molecule has 0 radical (unpaired) electrons. The molecule has 2 rings (SSSR count). The molecule has 2 N–H and O–H groups in total. The number of hydrogen-bond acceptors (Lipinski definition) is 3. The number of rotatable bonds is 3. The van der Waals surface area contributed by atoms with Gasteiger partial charge in [-0.1, -0.05) is 11.6 Å². The molecule has 0 aliphatic heterocycles. The maximum absolute atomic E-state index is 13.0. The summed E-state index contributed by atoms with van der Waals surface area (Å²) >= 11 is 6.04. The summed E-state index contributed by atoms with van der Waals surface area (Å²) in [5, 5.41) is 8.44. The smallest absolute Gasteiger partial charge is 0.165 e. The van der Waals surface area contributed by atoms with Gasteiger partial charge in [0, 0.05) is 11.6 Å². The molecular formula is C12H14ClFN4. The average molecular weight is 269 g/mol. The van der Waals surface area contributed by atoms with Gasteiger partial charge in [0.1, 0.15) is 11.6 Å². The van der Waals surface area contributed by atoms with Gasteiger partial charge in [-0.25, -0.2) is 4.39 Å². The molecule has 0 saturated carbocycles. The highest BCUT2D eigenvalue weighted by atomic mass is 35.5. The van der Waals surface area contributed by atoms with E-state index in [0.29, 0.717) is 28.8 Å². The second kappa shape index (κ2) is 5.04. The number of benzene rings is 1. The summed E-state index contributed by atoms with van der Waals surface area (Å²) in [4.78, 5) is 0. The minimum atomic E-state index is -0.376. The summed E-state index contributed by atoms with van der Waals surface area (Å²) in [6.45, 7) is 4.30. The molecule has 96 valence electrons. The van der Waals surface area contributed by atoms with Crippen LogP contribution >= 0.6 is 11.6 Å². The molecule has 0 fully saturated rings. The second-order valence-corrected chi connectivity index (χ2v) is 4.64. The lowest BCUT2D eigenvalue weighted by molar-refractivity contribution is 0.574. The van der Waals surface area contributed by atoms with E-state index in [1.54, 1.807) is 6.07 Å². The lowest BCUT2D eigenvalue weighted by atomic mass is 10.2. The molecule has 4 nitrogen and oxygen atoms in total. The van der Waals surface area contributed by atoms with Gasteiger partial charge in [0.25, 0.3) is 0 Å². The monoisotopic (exact) mass is 268 g/mol. The van der Waals surface area contributed by atoms with Crippen LogP contribution in [0.25, 0.3) is 11.4 Å². The number of hydrogen-bond donors (Lipinski definition) is 1. The third-order valence-corrected chi connectivity index (χ3v) is 2.95. The Kier molecular flexibility index (Phi) is 3.63. The van der Waals surface area contributed by atoms with Gasteiger partial charge in [-0.2, -0.15) is 0 Å². The normalized spacial score (nSPS) is 11.2. The molecule has 0 amide bonds. The highest BCUT2D eigenvalue weighted by Crippen LogP contribution is 2.29. The lowest BCUT2D eigenvalue weighted by Crippen LogP contribution is -2.11. The van der Waals surface area contributed by atoms with Gasteiger partial charge >= 0.3 is 0 Å². The summed E-state index contributed by atoms with van der Waals surface area (Å²) in [5.74, 6) is 0.911. The molecule has 18 heavy (non-hydrogen) atoms. The van der Waals surface area contributed by atoms with Crippen LogP contribution in [-0.4, -0.2) is 14.8 Å². The van der Waals surface area contributed by atoms with E-state index in [2.05, 4.69) is 10.2 Å². The summed E-state index contributed by atoms with van der Waals surface area (Å²) in [6, 6.07) is 4.36. The molecule has 6 heteroatoms. The standard InChI is InChI=1S/C12H14ClFN4/c1-7(2)18-11(6-15)16-17-12(18)9-4-3-8(14)5-10(9)13/h3-5,7H,6,15H2,1-2H3. The topological polar surface area (TPSA) is 56.7 Å². The molecule has 0 atom stereocenters.